The maximum absolute atomic E-state index is 12.7. The number of ether oxygens (including phenoxy) is 1. The predicted octanol–water partition coefficient (Wildman–Crippen LogP) is 4.73. The van der Waals surface area contributed by atoms with Crippen LogP contribution in [0.15, 0.2) is 46.3 Å². The number of thiophene rings is 1. The predicted molar refractivity (Wildman–Crippen MR) is 107 cm³/mol. The normalized spacial score (nSPS) is 10.9. The van der Waals surface area contributed by atoms with Crippen molar-refractivity contribution in [2.24, 2.45) is 0 Å². The number of hydrogen-bond acceptors (Lipinski definition) is 4. The molecule has 2 aromatic heterocycles. The number of carbonyl (C=O) groups is 1. The molecule has 0 aliphatic carbocycles. The molecule has 6 heteroatoms. The van der Waals surface area contributed by atoms with Gasteiger partial charge >= 0.3 is 0 Å². The smallest absolute Gasteiger partial charge is 0.202 e. The van der Waals surface area contributed by atoms with Crippen molar-refractivity contribution >= 4 is 33.0 Å². The Morgan fingerprint density at radius 1 is 1.27 bits per heavy atom. The minimum Gasteiger partial charge on any atom is -0.485 e. The van der Waals surface area contributed by atoms with Gasteiger partial charge in [0.15, 0.2) is 6.61 Å². The van der Waals surface area contributed by atoms with Crippen molar-refractivity contribution in [3.05, 3.63) is 73.6 Å². The van der Waals surface area contributed by atoms with E-state index in [1.54, 1.807) is 23.5 Å². The number of aliphatic hydroxyl groups excluding tert-OH is 1. The molecule has 0 atom stereocenters. The lowest BCUT2D eigenvalue weighted by Crippen LogP contribution is -2.14. The number of aliphatic hydroxyl groups is 1. The molecule has 0 unspecified atom stereocenters. The number of benzene rings is 1. The van der Waals surface area contributed by atoms with Crippen LogP contribution in [0.2, 0.25) is 0 Å². The summed E-state index contributed by atoms with van der Waals surface area (Å²) >= 11 is 5.07. The topological polar surface area (TPSA) is 51.5 Å². The molecule has 2 heterocycles. The average molecular weight is 434 g/mol. The Labute approximate surface area is 165 Å². The van der Waals surface area contributed by atoms with Gasteiger partial charge in [0.1, 0.15) is 5.75 Å². The van der Waals surface area contributed by atoms with Gasteiger partial charge in [-0.3, -0.25) is 4.79 Å². The van der Waals surface area contributed by atoms with Crippen molar-refractivity contribution in [1.82, 2.24) is 4.57 Å². The highest BCUT2D eigenvalue weighted by Crippen LogP contribution is 2.24. The second-order valence-corrected chi connectivity index (χ2v) is 8.02. The lowest BCUT2D eigenvalue weighted by atomic mass is 10.1. The lowest BCUT2D eigenvalue weighted by Gasteiger charge is -2.11. The molecular formula is C20H20BrNO3S. The van der Waals surface area contributed by atoms with Crippen molar-refractivity contribution < 1.29 is 14.6 Å². The highest BCUT2D eigenvalue weighted by atomic mass is 79.9. The Morgan fingerprint density at radius 3 is 2.77 bits per heavy atom. The van der Waals surface area contributed by atoms with Crippen LogP contribution in [-0.2, 0) is 13.2 Å². The summed E-state index contributed by atoms with van der Waals surface area (Å²) in [6.45, 7) is 4.55. The van der Waals surface area contributed by atoms with Crippen LogP contribution < -0.4 is 4.74 Å². The molecule has 1 N–H and O–H groups in total. The van der Waals surface area contributed by atoms with Gasteiger partial charge in [-0.1, -0.05) is 22.0 Å². The summed E-state index contributed by atoms with van der Waals surface area (Å²) in [5.41, 5.74) is 3.33. The first-order valence-corrected chi connectivity index (χ1v) is 9.91. The molecule has 0 saturated heterocycles. The highest BCUT2D eigenvalue weighted by molar-refractivity contribution is 9.10. The number of rotatable bonds is 7. The number of aromatic nitrogens is 1. The van der Waals surface area contributed by atoms with Gasteiger partial charge in [-0.2, -0.15) is 0 Å². The van der Waals surface area contributed by atoms with Crippen molar-refractivity contribution in [2.75, 3.05) is 6.61 Å². The molecular weight excluding hydrogens is 414 g/mol. The number of ketones is 1. The van der Waals surface area contributed by atoms with Crippen LogP contribution in [0.4, 0.5) is 0 Å². The lowest BCUT2D eigenvalue weighted by molar-refractivity contribution is 0.0918. The molecule has 0 bridgehead atoms. The molecule has 1 aromatic carbocycles. The third-order valence-electron chi connectivity index (χ3n) is 4.32. The van der Waals surface area contributed by atoms with Gasteiger partial charge in [0.25, 0.3) is 0 Å². The van der Waals surface area contributed by atoms with E-state index in [1.165, 1.54) is 4.88 Å². The van der Waals surface area contributed by atoms with E-state index in [-0.39, 0.29) is 19.0 Å². The molecule has 0 fully saturated rings. The van der Waals surface area contributed by atoms with Gasteiger partial charge in [0.05, 0.1) is 13.2 Å². The van der Waals surface area contributed by atoms with Gasteiger partial charge in [0.2, 0.25) is 5.78 Å². The largest absolute Gasteiger partial charge is 0.485 e. The first-order chi connectivity index (χ1) is 12.5. The van der Waals surface area contributed by atoms with Gasteiger partial charge in [-0.25, -0.2) is 0 Å². The number of aryl methyl sites for hydroxylation is 1. The minimum absolute atomic E-state index is 0.0576. The van der Waals surface area contributed by atoms with Gasteiger partial charge in [-0.05, 0) is 49.6 Å². The first-order valence-electron chi connectivity index (χ1n) is 8.24. The molecule has 0 aliphatic rings. The van der Waals surface area contributed by atoms with E-state index in [9.17, 15) is 9.90 Å². The maximum atomic E-state index is 12.7. The van der Waals surface area contributed by atoms with E-state index >= 15 is 0 Å². The van der Waals surface area contributed by atoms with E-state index in [0.29, 0.717) is 16.9 Å². The quantitative estimate of drug-likeness (QED) is 0.547. The first kappa shape index (κ1) is 18.9. The Kier molecular flexibility index (Phi) is 5.96. The number of halogens is 1. The van der Waals surface area contributed by atoms with Crippen LogP contribution in [-0.4, -0.2) is 22.1 Å². The molecule has 136 valence electrons. The molecule has 0 radical (unpaired) electrons. The number of Topliss-reactive ketones (excluding diaryl/α,β-unsaturated/α-hetero) is 1. The zero-order chi connectivity index (χ0) is 18.7. The fourth-order valence-corrected chi connectivity index (χ4v) is 4.02. The summed E-state index contributed by atoms with van der Waals surface area (Å²) in [6, 6.07) is 11.4. The molecule has 0 aliphatic heterocycles. The van der Waals surface area contributed by atoms with Crippen LogP contribution in [0.25, 0.3) is 0 Å². The molecule has 4 nitrogen and oxygen atoms in total. The molecule has 0 spiro atoms. The van der Waals surface area contributed by atoms with E-state index < -0.39 is 0 Å². The Bertz CT molecular complexity index is 916. The third-order valence-corrected chi connectivity index (χ3v) is 5.67. The Hall–Kier alpha value is -1.89. The average Bonchev–Trinajstić information content (AvgIpc) is 3.24. The monoisotopic (exact) mass is 433 g/mol. The van der Waals surface area contributed by atoms with Gasteiger partial charge < -0.3 is 14.4 Å². The summed E-state index contributed by atoms with van der Waals surface area (Å²) in [7, 11) is 0. The summed E-state index contributed by atoms with van der Waals surface area (Å²) in [4.78, 5) is 13.9. The summed E-state index contributed by atoms with van der Waals surface area (Å²) in [5, 5.41) is 11.5. The Balaban J connectivity index is 1.74. The van der Waals surface area contributed by atoms with Crippen molar-refractivity contribution in [1.29, 1.82) is 0 Å². The second-order valence-electron chi connectivity index (χ2n) is 6.07. The maximum Gasteiger partial charge on any atom is 0.202 e. The van der Waals surface area contributed by atoms with E-state index in [4.69, 9.17) is 4.74 Å². The molecule has 26 heavy (non-hydrogen) atoms. The SMILES string of the molecule is Cc1cc(C(=O)COc2ccc(Br)cc2CO)c(C)n1Cc1cccs1. The fourth-order valence-electron chi connectivity index (χ4n) is 2.92. The standard InChI is InChI=1S/C20H20BrNO3S/c1-13-8-18(14(2)22(13)10-17-4-3-7-26-17)19(24)12-25-20-6-5-16(21)9-15(20)11-23/h3-9,23H,10-12H2,1-2H3. The fraction of sp³-hybridized carbons (Fsp3) is 0.250. The van der Waals surface area contributed by atoms with Gasteiger partial charge in [0, 0.05) is 31.9 Å². The van der Waals surface area contributed by atoms with E-state index in [1.807, 2.05) is 32.0 Å². The van der Waals surface area contributed by atoms with Crippen molar-refractivity contribution in [2.45, 2.75) is 27.0 Å². The molecule has 3 aromatic rings. The molecule has 0 saturated carbocycles. The van der Waals surface area contributed by atoms with Crippen LogP contribution in [0, 0.1) is 13.8 Å². The number of nitrogens with zero attached hydrogens (tertiary/aromatic N) is 1. The summed E-state index contributed by atoms with van der Waals surface area (Å²) in [5.74, 6) is 0.457. The zero-order valence-electron chi connectivity index (χ0n) is 14.7. The van der Waals surface area contributed by atoms with Crippen LogP contribution in [0.1, 0.15) is 32.2 Å². The van der Waals surface area contributed by atoms with Gasteiger partial charge in [-0.15, -0.1) is 11.3 Å². The number of hydrogen-bond donors (Lipinski definition) is 1. The van der Waals surface area contributed by atoms with Crippen LogP contribution >= 0.6 is 27.3 Å². The van der Waals surface area contributed by atoms with Crippen LogP contribution in [0.3, 0.4) is 0 Å². The zero-order valence-corrected chi connectivity index (χ0v) is 17.1. The number of carbonyl (C=O) groups excluding carboxylic acids is 1. The van der Waals surface area contributed by atoms with Crippen molar-refractivity contribution in [3.8, 4) is 5.75 Å². The summed E-state index contributed by atoms with van der Waals surface area (Å²) in [6.07, 6.45) is 0. The highest BCUT2D eigenvalue weighted by Gasteiger charge is 2.17. The Morgan fingerprint density at radius 2 is 2.08 bits per heavy atom. The van der Waals surface area contributed by atoms with E-state index in [2.05, 4.69) is 31.9 Å². The third kappa shape index (κ3) is 4.09. The summed E-state index contributed by atoms with van der Waals surface area (Å²) < 4.78 is 8.68. The second kappa shape index (κ2) is 8.20. The van der Waals surface area contributed by atoms with E-state index in [0.717, 1.165) is 22.4 Å². The minimum atomic E-state index is -0.141. The van der Waals surface area contributed by atoms with Crippen molar-refractivity contribution in [3.63, 3.8) is 0 Å². The molecule has 0 amide bonds. The van der Waals surface area contributed by atoms with Crippen LogP contribution in [0.5, 0.6) is 5.75 Å². The molecule has 3 rings (SSSR count).